The number of hydrogen-bond acceptors (Lipinski definition) is 9. The minimum absolute atomic E-state index is 0.0120. The van der Waals surface area contributed by atoms with E-state index in [1.165, 1.54) is 18.5 Å². The van der Waals surface area contributed by atoms with Gasteiger partial charge in [0.15, 0.2) is 17.2 Å². The van der Waals surface area contributed by atoms with Crippen LogP contribution in [-0.2, 0) is 24.3 Å². The fourth-order valence-corrected chi connectivity index (χ4v) is 7.04. The molecule has 1 aromatic carbocycles. The van der Waals surface area contributed by atoms with Crippen LogP contribution < -0.4 is 14.4 Å². The van der Waals surface area contributed by atoms with Gasteiger partial charge in [0.1, 0.15) is 0 Å². The van der Waals surface area contributed by atoms with Crippen LogP contribution in [0.1, 0.15) is 29.4 Å². The van der Waals surface area contributed by atoms with E-state index in [0.717, 1.165) is 24.4 Å². The Bertz CT molecular complexity index is 1140. The predicted molar refractivity (Wildman–Crippen MR) is 134 cm³/mol. The van der Waals surface area contributed by atoms with Crippen molar-refractivity contribution in [3.63, 3.8) is 0 Å². The number of carbonyl (C=O) groups excluding carboxylic acids is 2. The van der Waals surface area contributed by atoms with E-state index in [4.69, 9.17) is 9.47 Å². The van der Waals surface area contributed by atoms with Crippen molar-refractivity contribution in [2.24, 2.45) is 0 Å². The molecule has 0 saturated carbocycles. The van der Waals surface area contributed by atoms with Crippen molar-refractivity contribution in [1.82, 2.24) is 5.32 Å². The van der Waals surface area contributed by atoms with E-state index in [2.05, 4.69) is 26.0 Å². The topological polar surface area (TPSA) is 111 Å². The average Bonchev–Trinajstić information content (AvgIpc) is 3.18. The fourth-order valence-electron chi connectivity index (χ4n) is 3.69. The largest absolute Gasteiger partial charge is 0.479 e. The number of nitrogens with zero attached hydrogens (tertiary/aromatic N) is 1. The van der Waals surface area contributed by atoms with Crippen molar-refractivity contribution in [2.45, 2.75) is 25.8 Å². The van der Waals surface area contributed by atoms with Crippen molar-refractivity contribution in [3.05, 3.63) is 33.6 Å². The van der Waals surface area contributed by atoms with Gasteiger partial charge in [-0.1, -0.05) is 12.1 Å². The summed E-state index contributed by atoms with van der Waals surface area (Å²) in [5.74, 6) is -1.06. The highest BCUT2D eigenvalue weighted by Gasteiger charge is 2.31. The van der Waals surface area contributed by atoms with Gasteiger partial charge in [0.25, 0.3) is 0 Å². The van der Waals surface area contributed by atoms with Crippen LogP contribution in [0.5, 0.6) is 5.75 Å². The third-order valence-electron chi connectivity index (χ3n) is 5.41. The average molecular weight is 576 g/mol. The molecule has 1 aliphatic rings. The number of methoxy groups -OCH3 is 2. The van der Waals surface area contributed by atoms with Gasteiger partial charge in [-0.05, 0) is 66.5 Å². The highest BCUT2D eigenvalue weighted by Crippen LogP contribution is 2.46. The molecule has 2 heterocycles. The molecule has 0 amide bonds. The van der Waals surface area contributed by atoms with Gasteiger partial charge in [-0.15, -0.1) is 11.3 Å². The lowest BCUT2D eigenvalue weighted by Gasteiger charge is -2.35. The molecule has 0 atom stereocenters. The first kappa shape index (κ1) is 26.5. The summed E-state index contributed by atoms with van der Waals surface area (Å²) >= 11 is 4.61. The van der Waals surface area contributed by atoms with Crippen LogP contribution in [0.25, 0.3) is 10.4 Å². The molecular formula is C22H27BrN2O7S2. The molecule has 0 bridgehead atoms. The quantitative estimate of drug-likeness (QED) is 0.453. The Morgan fingerprint density at radius 3 is 2.53 bits per heavy atom. The van der Waals surface area contributed by atoms with E-state index >= 15 is 0 Å². The first-order valence-corrected chi connectivity index (χ1v) is 13.9. The zero-order chi connectivity index (χ0) is 24.9. The lowest BCUT2D eigenvalue weighted by atomic mass is 10.1. The molecule has 1 N–H and O–H groups in total. The van der Waals surface area contributed by atoms with Gasteiger partial charge in [-0.2, -0.15) is 0 Å². The molecule has 0 spiro atoms. The van der Waals surface area contributed by atoms with Gasteiger partial charge in [-0.3, -0.25) is 4.31 Å². The molecule has 34 heavy (non-hydrogen) atoms. The number of piperidine rings is 1. The molecule has 0 radical (unpaired) electrons. The van der Waals surface area contributed by atoms with E-state index in [9.17, 15) is 18.0 Å². The molecule has 12 heteroatoms. The second kappa shape index (κ2) is 11.5. The van der Waals surface area contributed by atoms with E-state index in [1.54, 1.807) is 25.1 Å². The number of ether oxygens (including phenoxy) is 3. The summed E-state index contributed by atoms with van der Waals surface area (Å²) in [6, 6.07) is 7.03. The first-order valence-electron chi connectivity index (χ1n) is 10.7. The zero-order valence-corrected chi connectivity index (χ0v) is 22.3. The van der Waals surface area contributed by atoms with Gasteiger partial charge in [0.2, 0.25) is 10.0 Å². The monoisotopic (exact) mass is 574 g/mol. The standard InChI is InChI=1S/C22H27BrN2O7S2/c1-4-34(28,29)25(15-8-10-24-11-9-15)16-7-5-6-14(12-16)20-18(23)19(32-13-17(26)30-2)21(33-20)22(27)31-3/h5-7,12,15,24H,4,8-11,13H2,1-3H3. The molecule has 0 aliphatic carbocycles. The van der Waals surface area contributed by atoms with E-state index in [1.807, 2.05) is 6.07 Å². The van der Waals surface area contributed by atoms with E-state index in [0.29, 0.717) is 33.4 Å². The molecule has 0 unspecified atom stereocenters. The summed E-state index contributed by atoms with van der Waals surface area (Å²) in [7, 11) is -1.02. The predicted octanol–water partition coefficient (Wildman–Crippen LogP) is 3.42. The third-order valence-corrected chi connectivity index (χ3v) is 9.47. The number of hydrogen-bond donors (Lipinski definition) is 1. The Kier molecular flexibility index (Phi) is 8.96. The minimum Gasteiger partial charge on any atom is -0.479 e. The van der Waals surface area contributed by atoms with Crippen molar-refractivity contribution in [1.29, 1.82) is 0 Å². The summed E-state index contributed by atoms with van der Waals surface area (Å²) in [5, 5.41) is 3.27. The molecule has 1 aliphatic heterocycles. The summed E-state index contributed by atoms with van der Waals surface area (Å²) in [4.78, 5) is 24.8. The Balaban J connectivity index is 2.06. The van der Waals surface area contributed by atoms with Crippen LogP contribution >= 0.6 is 27.3 Å². The van der Waals surface area contributed by atoms with Gasteiger partial charge in [-0.25, -0.2) is 18.0 Å². The molecule has 186 valence electrons. The second-order valence-corrected chi connectivity index (χ2v) is 11.4. The maximum Gasteiger partial charge on any atom is 0.351 e. The Hall–Kier alpha value is -2.15. The van der Waals surface area contributed by atoms with Crippen molar-refractivity contribution in [3.8, 4) is 16.2 Å². The molecule has 3 rings (SSSR count). The number of rotatable bonds is 9. The Morgan fingerprint density at radius 1 is 1.21 bits per heavy atom. The molecule has 2 aromatic rings. The number of benzene rings is 1. The SMILES string of the molecule is CCS(=O)(=O)N(c1cccc(-c2sc(C(=O)OC)c(OCC(=O)OC)c2Br)c1)C1CCNCC1. The number of esters is 2. The van der Waals surface area contributed by atoms with Crippen molar-refractivity contribution < 1.29 is 32.2 Å². The lowest BCUT2D eigenvalue weighted by Crippen LogP contribution is -2.46. The normalized spacial score (nSPS) is 14.5. The summed E-state index contributed by atoms with van der Waals surface area (Å²) in [5.41, 5.74) is 1.25. The molecule has 1 aromatic heterocycles. The number of thiophene rings is 1. The first-order chi connectivity index (χ1) is 16.2. The van der Waals surface area contributed by atoms with Gasteiger partial charge in [0, 0.05) is 6.04 Å². The number of anilines is 1. The van der Waals surface area contributed by atoms with Gasteiger partial charge in [0.05, 0.1) is 35.0 Å². The minimum atomic E-state index is -3.52. The number of sulfonamides is 1. The summed E-state index contributed by atoms with van der Waals surface area (Å²) < 4.78 is 43.1. The second-order valence-electron chi connectivity index (χ2n) is 7.49. The molecular weight excluding hydrogens is 548 g/mol. The van der Waals surface area contributed by atoms with Crippen molar-refractivity contribution in [2.75, 3.05) is 44.0 Å². The Labute approximate surface area is 211 Å². The maximum atomic E-state index is 13.1. The molecule has 1 fully saturated rings. The van der Waals surface area contributed by atoms with Crippen LogP contribution in [0.15, 0.2) is 28.7 Å². The van der Waals surface area contributed by atoms with E-state index < -0.39 is 22.0 Å². The number of carbonyl (C=O) groups is 2. The van der Waals surface area contributed by atoms with Crippen LogP contribution in [0.3, 0.4) is 0 Å². The lowest BCUT2D eigenvalue weighted by molar-refractivity contribution is -0.142. The zero-order valence-electron chi connectivity index (χ0n) is 19.1. The van der Waals surface area contributed by atoms with Crippen molar-refractivity contribution >= 4 is 54.9 Å². The highest BCUT2D eigenvalue weighted by molar-refractivity contribution is 9.10. The maximum absolute atomic E-state index is 13.1. The van der Waals surface area contributed by atoms with Crippen LogP contribution in [-0.4, -0.2) is 66.1 Å². The molecule has 9 nitrogen and oxygen atoms in total. The highest BCUT2D eigenvalue weighted by atomic mass is 79.9. The fraction of sp³-hybridized carbons (Fsp3) is 0.455. The smallest absolute Gasteiger partial charge is 0.351 e. The number of halogens is 1. The summed E-state index contributed by atoms with van der Waals surface area (Å²) in [6.07, 6.45) is 1.42. The summed E-state index contributed by atoms with van der Waals surface area (Å²) in [6.45, 7) is 2.75. The van der Waals surface area contributed by atoms with E-state index in [-0.39, 0.29) is 29.0 Å². The number of nitrogens with one attached hydrogen (secondary N) is 1. The van der Waals surface area contributed by atoms with Crippen LogP contribution in [0.4, 0.5) is 5.69 Å². The van der Waals surface area contributed by atoms with Crippen LogP contribution in [0.2, 0.25) is 0 Å². The third kappa shape index (κ3) is 5.73. The Morgan fingerprint density at radius 2 is 1.91 bits per heavy atom. The van der Waals surface area contributed by atoms with Crippen LogP contribution in [0, 0.1) is 0 Å². The van der Waals surface area contributed by atoms with Gasteiger partial charge >= 0.3 is 11.9 Å². The molecule has 1 saturated heterocycles. The van der Waals surface area contributed by atoms with Gasteiger partial charge < -0.3 is 19.5 Å².